The molecule has 0 aliphatic heterocycles. The lowest BCUT2D eigenvalue weighted by Gasteiger charge is -2.19. The van der Waals surface area contributed by atoms with E-state index in [1.54, 1.807) is 31.6 Å². The van der Waals surface area contributed by atoms with Crippen LogP contribution in [0.15, 0.2) is 36.7 Å². The number of ether oxygens (including phenoxy) is 1. The highest BCUT2D eigenvalue weighted by molar-refractivity contribution is 6.31. The summed E-state index contributed by atoms with van der Waals surface area (Å²) in [4.78, 5) is 34.7. The fourth-order valence-electron chi connectivity index (χ4n) is 2.06. The number of aromatic nitrogens is 2. The van der Waals surface area contributed by atoms with Gasteiger partial charge in [-0.25, -0.2) is 14.4 Å². The van der Waals surface area contributed by atoms with Crippen molar-refractivity contribution in [2.24, 2.45) is 0 Å². The van der Waals surface area contributed by atoms with E-state index in [9.17, 15) is 14.0 Å². The van der Waals surface area contributed by atoms with Gasteiger partial charge in [-0.3, -0.25) is 9.59 Å². The summed E-state index contributed by atoms with van der Waals surface area (Å²) in [5, 5.41) is 0.228. The van der Waals surface area contributed by atoms with Gasteiger partial charge in [0.15, 0.2) is 6.61 Å². The molecule has 1 heterocycles. The van der Waals surface area contributed by atoms with Crippen molar-refractivity contribution in [1.82, 2.24) is 14.9 Å². The van der Waals surface area contributed by atoms with Crippen molar-refractivity contribution >= 4 is 29.4 Å². The van der Waals surface area contributed by atoms with Crippen LogP contribution in [0, 0.1) is 5.82 Å². The third-order valence-electron chi connectivity index (χ3n) is 3.50. The number of nitrogens with zero attached hydrogens (tertiary/aromatic N) is 4. The molecule has 0 unspecified atom stereocenters. The summed E-state index contributed by atoms with van der Waals surface area (Å²) in [5.41, 5.74) is 0.206. The van der Waals surface area contributed by atoms with Gasteiger partial charge in [0, 0.05) is 43.6 Å². The van der Waals surface area contributed by atoms with Crippen LogP contribution in [0.4, 0.5) is 10.3 Å². The fraction of sp³-hybridized carbons (Fsp3) is 0.294. The monoisotopic (exact) mass is 380 g/mol. The van der Waals surface area contributed by atoms with Crippen LogP contribution in [-0.2, 0) is 20.9 Å². The molecule has 0 aliphatic rings. The Morgan fingerprint density at radius 3 is 2.54 bits per heavy atom. The number of hydrogen-bond acceptors (Lipinski definition) is 6. The van der Waals surface area contributed by atoms with Gasteiger partial charge in [-0.1, -0.05) is 17.7 Å². The first-order valence-corrected chi connectivity index (χ1v) is 8.07. The molecule has 0 spiro atoms. The average molecular weight is 381 g/mol. The number of carbonyl (C=O) groups is 2. The third kappa shape index (κ3) is 5.38. The van der Waals surface area contributed by atoms with Crippen LogP contribution in [0.1, 0.15) is 5.56 Å². The van der Waals surface area contributed by atoms with Crippen LogP contribution in [0.3, 0.4) is 0 Å². The molecule has 0 atom stereocenters. The Bertz CT molecular complexity index is 756. The predicted octanol–water partition coefficient (Wildman–Crippen LogP) is 1.91. The number of esters is 1. The minimum absolute atomic E-state index is 0.0281. The van der Waals surface area contributed by atoms with E-state index in [4.69, 9.17) is 16.3 Å². The molecule has 9 heteroatoms. The largest absolute Gasteiger partial charge is 0.454 e. The van der Waals surface area contributed by atoms with Gasteiger partial charge in [0.05, 0.1) is 0 Å². The minimum Gasteiger partial charge on any atom is -0.454 e. The lowest BCUT2D eigenvalue weighted by Crippen LogP contribution is -2.34. The first-order valence-electron chi connectivity index (χ1n) is 7.69. The molecule has 0 aliphatic carbocycles. The van der Waals surface area contributed by atoms with Crippen molar-refractivity contribution in [3.05, 3.63) is 53.1 Å². The van der Waals surface area contributed by atoms with E-state index in [2.05, 4.69) is 9.97 Å². The van der Waals surface area contributed by atoms with Crippen molar-refractivity contribution < 1.29 is 18.7 Å². The Morgan fingerprint density at radius 1 is 1.19 bits per heavy atom. The molecule has 2 rings (SSSR count). The Hall–Kier alpha value is -2.74. The first-order chi connectivity index (χ1) is 12.4. The molecule has 26 heavy (non-hydrogen) atoms. The van der Waals surface area contributed by atoms with E-state index < -0.39 is 24.3 Å². The molecule has 1 aromatic carbocycles. The van der Waals surface area contributed by atoms with Crippen molar-refractivity contribution in [2.45, 2.75) is 6.54 Å². The number of hydrogen-bond donors (Lipinski definition) is 0. The number of likely N-dealkylation sites (N-methyl/N-ethyl adjacent to an activating group) is 2. The smallest absolute Gasteiger partial charge is 0.326 e. The molecule has 0 saturated carbocycles. The third-order valence-corrected chi connectivity index (χ3v) is 3.85. The number of halogens is 2. The molecule has 2 aromatic rings. The molecule has 0 fully saturated rings. The van der Waals surface area contributed by atoms with Gasteiger partial charge in [-0.15, -0.1) is 0 Å². The molecule has 1 aromatic heterocycles. The zero-order valence-electron chi connectivity index (χ0n) is 14.4. The fourth-order valence-corrected chi connectivity index (χ4v) is 2.28. The van der Waals surface area contributed by atoms with Gasteiger partial charge >= 0.3 is 5.97 Å². The van der Waals surface area contributed by atoms with Gasteiger partial charge < -0.3 is 14.5 Å². The van der Waals surface area contributed by atoms with Gasteiger partial charge in [-0.05, 0) is 18.2 Å². The molecule has 0 radical (unpaired) electrons. The molecule has 0 saturated heterocycles. The predicted molar refractivity (Wildman–Crippen MR) is 94.1 cm³/mol. The second kappa shape index (κ2) is 9.10. The number of benzene rings is 1. The quantitative estimate of drug-likeness (QED) is 0.683. The van der Waals surface area contributed by atoms with Crippen molar-refractivity contribution in [2.75, 3.05) is 32.1 Å². The average Bonchev–Trinajstić information content (AvgIpc) is 2.63. The van der Waals surface area contributed by atoms with E-state index in [1.807, 2.05) is 0 Å². The Balaban J connectivity index is 1.83. The summed E-state index contributed by atoms with van der Waals surface area (Å²) in [6.45, 7) is -0.593. The summed E-state index contributed by atoms with van der Waals surface area (Å²) >= 11 is 5.94. The van der Waals surface area contributed by atoms with Gasteiger partial charge in [0.1, 0.15) is 12.4 Å². The maximum atomic E-state index is 13.8. The number of amides is 1. The molecular formula is C17H18ClFN4O3. The number of carbonyl (C=O) groups excluding carboxylic acids is 2. The first kappa shape index (κ1) is 19.6. The van der Waals surface area contributed by atoms with E-state index in [0.717, 1.165) is 0 Å². The topological polar surface area (TPSA) is 75.6 Å². The van der Waals surface area contributed by atoms with E-state index in [-0.39, 0.29) is 23.7 Å². The zero-order valence-corrected chi connectivity index (χ0v) is 15.1. The summed E-state index contributed by atoms with van der Waals surface area (Å²) in [6, 6.07) is 5.95. The Labute approximate surface area is 155 Å². The lowest BCUT2D eigenvalue weighted by atomic mass is 10.2. The van der Waals surface area contributed by atoms with E-state index >= 15 is 0 Å². The maximum Gasteiger partial charge on any atom is 0.326 e. The Morgan fingerprint density at radius 2 is 1.88 bits per heavy atom. The van der Waals surface area contributed by atoms with Gasteiger partial charge in [0.2, 0.25) is 5.95 Å². The van der Waals surface area contributed by atoms with Crippen LogP contribution in [0.5, 0.6) is 0 Å². The standard InChI is InChI=1S/C17H18ClFN4O3/c1-22(9-12-13(18)5-3-6-14(12)19)15(24)11-26-16(25)10-23(2)17-20-7-4-8-21-17/h3-8H,9-11H2,1-2H3. The molecular weight excluding hydrogens is 363 g/mol. The summed E-state index contributed by atoms with van der Waals surface area (Å²) in [5.74, 6) is -1.22. The van der Waals surface area contributed by atoms with Crippen molar-refractivity contribution in [3.8, 4) is 0 Å². The molecule has 0 N–H and O–H groups in total. The highest BCUT2D eigenvalue weighted by Gasteiger charge is 2.17. The van der Waals surface area contributed by atoms with Crippen molar-refractivity contribution in [1.29, 1.82) is 0 Å². The normalized spacial score (nSPS) is 10.3. The number of anilines is 1. The number of rotatable bonds is 7. The summed E-state index contributed by atoms with van der Waals surface area (Å²) < 4.78 is 18.7. The van der Waals surface area contributed by atoms with Gasteiger partial charge in [0.25, 0.3) is 5.91 Å². The van der Waals surface area contributed by atoms with Gasteiger partial charge in [-0.2, -0.15) is 0 Å². The second-order valence-corrected chi connectivity index (χ2v) is 5.92. The van der Waals surface area contributed by atoms with Crippen LogP contribution in [-0.4, -0.2) is 54.0 Å². The van der Waals surface area contributed by atoms with Crippen LogP contribution >= 0.6 is 11.6 Å². The molecule has 138 valence electrons. The van der Waals surface area contributed by atoms with E-state index in [0.29, 0.717) is 5.95 Å². The highest BCUT2D eigenvalue weighted by Crippen LogP contribution is 2.20. The molecule has 1 amide bonds. The summed E-state index contributed by atoms with van der Waals surface area (Å²) in [6.07, 6.45) is 3.10. The molecule has 7 nitrogen and oxygen atoms in total. The van der Waals surface area contributed by atoms with E-state index in [1.165, 1.54) is 29.0 Å². The zero-order chi connectivity index (χ0) is 19.1. The SMILES string of the molecule is CN(Cc1c(F)cccc1Cl)C(=O)COC(=O)CN(C)c1ncccn1. The molecule has 0 bridgehead atoms. The lowest BCUT2D eigenvalue weighted by molar-refractivity contribution is -0.150. The van der Waals surface area contributed by atoms with Crippen LogP contribution in [0.25, 0.3) is 0 Å². The van der Waals surface area contributed by atoms with Crippen LogP contribution < -0.4 is 4.90 Å². The maximum absolute atomic E-state index is 13.8. The highest BCUT2D eigenvalue weighted by atomic mass is 35.5. The Kier molecular flexibility index (Phi) is 6.85. The second-order valence-electron chi connectivity index (χ2n) is 5.52. The van der Waals surface area contributed by atoms with Crippen LogP contribution in [0.2, 0.25) is 5.02 Å². The van der Waals surface area contributed by atoms with Crippen molar-refractivity contribution in [3.63, 3.8) is 0 Å². The summed E-state index contributed by atoms with van der Waals surface area (Å²) in [7, 11) is 3.10. The minimum atomic E-state index is -0.606.